The van der Waals surface area contributed by atoms with Crippen LogP contribution >= 0.6 is 0 Å². The van der Waals surface area contributed by atoms with E-state index in [1.54, 1.807) is 64.3 Å². The van der Waals surface area contributed by atoms with Crippen LogP contribution in [0.25, 0.3) is 0 Å². The third-order valence-corrected chi connectivity index (χ3v) is 13.7. The van der Waals surface area contributed by atoms with Crippen molar-refractivity contribution < 1.29 is 47.7 Å². The number of nitrogens with one attached hydrogen (secondary N) is 8. The van der Waals surface area contributed by atoms with Crippen molar-refractivity contribution in [3.63, 3.8) is 0 Å². The van der Waals surface area contributed by atoms with E-state index in [1.165, 1.54) is 28.4 Å². The van der Waals surface area contributed by atoms with Crippen LogP contribution in [0.4, 0.5) is 0 Å². The molecule has 0 aliphatic heterocycles. The Bertz CT molecular complexity index is 2340. The number of hydrogen-bond donors (Lipinski definition) is 8. The van der Waals surface area contributed by atoms with Gasteiger partial charge in [-0.25, -0.2) is 0 Å². The number of ether oxygens (including phenoxy) is 4. The summed E-state index contributed by atoms with van der Waals surface area (Å²) in [5, 5.41) is 24.3. The summed E-state index contributed by atoms with van der Waals surface area (Å²) in [5.74, 6) is -0.958. The summed E-state index contributed by atoms with van der Waals surface area (Å²) in [6.07, 6.45) is 3.95. The molecule has 0 fully saturated rings. The number of amides is 6. The minimum Gasteiger partial charge on any atom is -0.496 e. The van der Waals surface area contributed by atoms with Crippen LogP contribution in [0.1, 0.15) is 107 Å². The van der Waals surface area contributed by atoms with E-state index in [4.69, 9.17) is 18.9 Å². The summed E-state index contributed by atoms with van der Waals surface area (Å²) in [4.78, 5) is 83.0. The van der Waals surface area contributed by atoms with Gasteiger partial charge in [0.05, 0.1) is 64.7 Å². The van der Waals surface area contributed by atoms with Gasteiger partial charge in [-0.3, -0.25) is 28.8 Å². The Kier molecular flexibility index (Phi) is 19.4. The fourth-order valence-corrected chi connectivity index (χ4v) is 9.40. The number of carbonyl (C=O) groups excluding carboxylic acids is 6. The number of carbonyl (C=O) groups is 6. The van der Waals surface area contributed by atoms with E-state index in [1.807, 2.05) is 48.5 Å². The Morgan fingerprint density at radius 1 is 0.472 bits per heavy atom. The molecule has 6 rings (SSSR count). The molecular formula is C54H70N8O10. The third kappa shape index (κ3) is 13.0. The van der Waals surface area contributed by atoms with Crippen molar-refractivity contribution >= 4 is 35.4 Å². The first-order chi connectivity index (χ1) is 34.8. The Hall–Kier alpha value is -7.18. The number of hydrogen-bond acceptors (Lipinski definition) is 12. The number of fused-ring (bicyclic) bond motifs is 2. The molecule has 8 atom stereocenters. The first-order valence-electron chi connectivity index (χ1n) is 24.5. The van der Waals surface area contributed by atoms with Crippen LogP contribution in [0.15, 0.2) is 84.9 Å². The molecule has 2 aliphatic carbocycles. The Labute approximate surface area is 421 Å². The monoisotopic (exact) mass is 991 g/mol. The van der Waals surface area contributed by atoms with E-state index in [-0.39, 0.29) is 22.9 Å². The number of unbranched alkanes of at least 4 members (excludes halogenated alkanes) is 3. The molecule has 0 spiro atoms. The van der Waals surface area contributed by atoms with Gasteiger partial charge in [-0.2, -0.15) is 0 Å². The standard InChI is InChI=1S/C54H70N8O10/c1-31(55-3)49(63)57-37(51(65)61-47-35-21-15-13-19-33(35)29-39(47)59-53(67)45-41(69-5)25-17-26-42(45)70-6)23-11-9-10-12-24-38(58-50(64)32(2)56-4)52(66)62-48-36-22-16-14-20-34(36)30-40(48)60-54(68)46-43(71-7)27-18-28-44(46)72-8/h13-22,25-28,31-32,37-40,47-48,55-56H,9-12,23-24,29-30H2,1-8H3,(H,57,63)(H,58,64)(H,59,67)(H,60,68)(H,61,65)(H,62,66)/t31-,32-,37-,38-,39-,40-,47-,48-/m0/s1. The molecule has 4 aromatic carbocycles. The summed E-state index contributed by atoms with van der Waals surface area (Å²) >= 11 is 0. The van der Waals surface area contributed by atoms with Crippen molar-refractivity contribution in [1.82, 2.24) is 42.5 Å². The maximum Gasteiger partial charge on any atom is 0.259 e. The minimum atomic E-state index is -0.903. The summed E-state index contributed by atoms with van der Waals surface area (Å²) in [6.45, 7) is 3.41. The molecule has 72 heavy (non-hydrogen) atoms. The molecule has 0 bridgehead atoms. The van der Waals surface area contributed by atoms with E-state index < -0.39 is 72.0 Å². The predicted octanol–water partition coefficient (Wildman–Crippen LogP) is 3.97. The number of rotatable bonds is 25. The van der Waals surface area contributed by atoms with Gasteiger partial charge >= 0.3 is 0 Å². The van der Waals surface area contributed by atoms with E-state index in [9.17, 15) is 28.8 Å². The highest BCUT2D eigenvalue weighted by molar-refractivity contribution is 6.01. The van der Waals surface area contributed by atoms with Crippen molar-refractivity contribution in [1.29, 1.82) is 0 Å². The molecule has 2 aliphatic rings. The summed E-state index contributed by atoms with van der Waals surface area (Å²) < 4.78 is 22.0. The lowest BCUT2D eigenvalue weighted by Crippen LogP contribution is -2.53. The molecule has 18 heteroatoms. The van der Waals surface area contributed by atoms with Gasteiger partial charge < -0.3 is 61.5 Å². The Morgan fingerprint density at radius 3 is 1.15 bits per heavy atom. The molecule has 0 radical (unpaired) electrons. The maximum absolute atomic E-state index is 14.3. The van der Waals surface area contributed by atoms with Crippen molar-refractivity contribution in [3.8, 4) is 23.0 Å². The largest absolute Gasteiger partial charge is 0.496 e. The molecule has 8 N–H and O–H groups in total. The van der Waals surface area contributed by atoms with Crippen molar-refractivity contribution in [2.24, 2.45) is 0 Å². The fraction of sp³-hybridized carbons (Fsp3) is 0.444. The topological polar surface area (TPSA) is 236 Å². The molecule has 18 nitrogen and oxygen atoms in total. The molecule has 6 amide bonds. The molecule has 4 aromatic rings. The van der Waals surface area contributed by atoms with Gasteiger partial charge in [-0.15, -0.1) is 0 Å². The van der Waals surface area contributed by atoms with Gasteiger partial charge in [0.1, 0.15) is 46.2 Å². The van der Waals surface area contributed by atoms with Crippen molar-refractivity contribution in [2.45, 2.75) is 114 Å². The van der Waals surface area contributed by atoms with E-state index in [0.29, 0.717) is 74.4 Å². The van der Waals surface area contributed by atoms with Crippen LogP contribution in [0.2, 0.25) is 0 Å². The van der Waals surface area contributed by atoms with Gasteiger partial charge in [0.2, 0.25) is 23.6 Å². The van der Waals surface area contributed by atoms with Crippen LogP contribution in [0, 0.1) is 0 Å². The second-order valence-corrected chi connectivity index (χ2v) is 18.1. The quantitative estimate of drug-likeness (QED) is 0.0441. The Balaban J connectivity index is 1.12. The SMILES string of the molecule is CN[C@@H](C)C(=O)N[C@@H](CCCCCC[C@H](NC(=O)[C@H](C)NC)C(=O)N[C@H]1c2ccccc2C[C@@H]1NC(=O)c1c(OC)cccc1OC)C(=O)N[C@H]1c2ccccc2C[C@@H]1NC(=O)c1c(OC)cccc1OC. The van der Waals surface area contributed by atoms with Crippen LogP contribution < -0.4 is 61.5 Å². The van der Waals surface area contributed by atoms with Crippen LogP contribution in [-0.2, 0) is 32.0 Å². The molecule has 0 saturated carbocycles. The average molecular weight is 991 g/mol. The van der Waals surface area contributed by atoms with E-state index >= 15 is 0 Å². The molecule has 0 aromatic heterocycles. The van der Waals surface area contributed by atoms with Gasteiger partial charge in [0, 0.05) is 0 Å². The lowest BCUT2D eigenvalue weighted by atomic mass is 10.0. The lowest BCUT2D eigenvalue weighted by Gasteiger charge is -2.27. The first-order valence-corrected chi connectivity index (χ1v) is 24.5. The van der Waals surface area contributed by atoms with Crippen LogP contribution in [0.3, 0.4) is 0 Å². The van der Waals surface area contributed by atoms with Gasteiger partial charge in [0.25, 0.3) is 11.8 Å². The fourth-order valence-electron chi connectivity index (χ4n) is 9.40. The average Bonchev–Trinajstić information content (AvgIpc) is 3.92. The normalized spacial score (nSPS) is 18.2. The maximum atomic E-state index is 14.3. The highest BCUT2D eigenvalue weighted by Crippen LogP contribution is 2.36. The molecule has 0 saturated heterocycles. The number of likely N-dealkylation sites (N-methyl/N-ethyl adjacent to an activating group) is 2. The second-order valence-electron chi connectivity index (χ2n) is 18.1. The van der Waals surface area contributed by atoms with Crippen molar-refractivity contribution in [3.05, 3.63) is 118 Å². The zero-order valence-electron chi connectivity index (χ0n) is 42.4. The predicted molar refractivity (Wildman–Crippen MR) is 272 cm³/mol. The summed E-state index contributed by atoms with van der Waals surface area (Å²) in [6, 6.07) is 20.3. The van der Waals surface area contributed by atoms with E-state index in [2.05, 4.69) is 42.5 Å². The lowest BCUT2D eigenvalue weighted by molar-refractivity contribution is -0.130. The highest BCUT2D eigenvalue weighted by atomic mass is 16.5. The smallest absolute Gasteiger partial charge is 0.259 e. The minimum absolute atomic E-state index is 0.234. The molecule has 0 heterocycles. The second kappa shape index (κ2) is 25.8. The zero-order valence-corrected chi connectivity index (χ0v) is 42.4. The van der Waals surface area contributed by atoms with Gasteiger partial charge in [-0.1, -0.05) is 86.3 Å². The summed E-state index contributed by atoms with van der Waals surface area (Å²) in [7, 11) is 9.24. The number of benzene rings is 4. The number of methoxy groups -OCH3 is 4. The van der Waals surface area contributed by atoms with Crippen LogP contribution in [0.5, 0.6) is 23.0 Å². The van der Waals surface area contributed by atoms with E-state index in [0.717, 1.165) is 22.3 Å². The van der Waals surface area contributed by atoms with Gasteiger partial charge in [0.15, 0.2) is 0 Å². The van der Waals surface area contributed by atoms with Crippen LogP contribution in [-0.4, -0.2) is 114 Å². The van der Waals surface area contributed by atoms with Crippen molar-refractivity contribution in [2.75, 3.05) is 42.5 Å². The molecular weight excluding hydrogens is 921 g/mol. The van der Waals surface area contributed by atoms with Gasteiger partial charge in [-0.05, 0) is 100 Å². The summed E-state index contributed by atoms with van der Waals surface area (Å²) in [5.41, 5.74) is 4.13. The Morgan fingerprint density at radius 2 is 0.819 bits per heavy atom. The first kappa shape index (κ1) is 54.2. The highest BCUT2D eigenvalue weighted by Gasteiger charge is 2.39. The molecule has 386 valence electrons. The molecule has 0 unspecified atom stereocenters. The third-order valence-electron chi connectivity index (χ3n) is 13.7. The zero-order chi connectivity index (χ0) is 51.9.